The lowest BCUT2D eigenvalue weighted by Gasteiger charge is -2.21. The predicted molar refractivity (Wildman–Crippen MR) is 116 cm³/mol. The minimum Gasteiger partial charge on any atom is -0.324 e. The van der Waals surface area contributed by atoms with Gasteiger partial charge in [-0.15, -0.1) is 0 Å². The average Bonchev–Trinajstić information content (AvgIpc) is 3.41. The summed E-state index contributed by atoms with van der Waals surface area (Å²) in [6.07, 6.45) is 4.55. The summed E-state index contributed by atoms with van der Waals surface area (Å²) in [7, 11) is 0. The van der Waals surface area contributed by atoms with Gasteiger partial charge >= 0.3 is 0 Å². The number of halogens is 1. The smallest absolute Gasteiger partial charge is 0.138 e. The molecule has 3 aromatic heterocycles. The van der Waals surface area contributed by atoms with Crippen LogP contribution < -0.4 is 4.90 Å². The summed E-state index contributed by atoms with van der Waals surface area (Å²) < 4.78 is 1.89. The first-order valence-corrected chi connectivity index (χ1v) is 9.97. The van der Waals surface area contributed by atoms with Gasteiger partial charge < -0.3 is 4.90 Å². The summed E-state index contributed by atoms with van der Waals surface area (Å²) in [5, 5.41) is 14.4. The molecular weight excluding hydrogens is 396 g/mol. The van der Waals surface area contributed by atoms with Gasteiger partial charge in [0.05, 0.1) is 33.7 Å². The van der Waals surface area contributed by atoms with E-state index in [1.165, 1.54) is 0 Å². The highest BCUT2D eigenvalue weighted by Gasteiger charge is 2.27. The van der Waals surface area contributed by atoms with Crippen molar-refractivity contribution in [3.8, 4) is 23.1 Å². The van der Waals surface area contributed by atoms with Crippen LogP contribution in [0.1, 0.15) is 16.8 Å². The number of nitriles is 1. The topological polar surface area (TPSA) is 70.6 Å². The molecule has 0 bridgehead atoms. The van der Waals surface area contributed by atoms with E-state index in [1.54, 1.807) is 18.3 Å². The van der Waals surface area contributed by atoms with Crippen molar-refractivity contribution in [3.63, 3.8) is 0 Å². The molecule has 0 atom stereocenters. The van der Waals surface area contributed by atoms with Crippen LogP contribution in [-0.2, 0) is 6.42 Å². The van der Waals surface area contributed by atoms with E-state index in [1.807, 2.05) is 48.1 Å². The summed E-state index contributed by atoms with van der Waals surface area (Å²) >= 11 is 6.48. The van der Waals surface area contributed by atoms with Gasteiger partial charge in [0.2, 0.25) is 0 Å². The number of aryl methyl sites for hydroxylation is 1. The molecule has 0 spiro atoms. The summed E-state index contributed by atoms with van der Waals surface area (Å²) in [5.74, 6) is 0.881. The Balaban J connectivity index is 1.57. The molecule has 30 heavy (non-hydrogen) atoms. The summed E-state index contributed by atoms with van der Waals surface area (Å²) in [6.45, 7) is 2.74. The van der Waals surface area contributed by atoms with Gasteiger partial charge in [-0.25, -0.2) is 9.67 Å². The Hall–Kier alpha value is -3.69. The van der Waals surface area contributed by atoms with Gasteiger partial charge in [0, 0.05) is 30.2 Å². The minimum absolute atomic E-state index is 0.541. The van der Waals surface area contributed by atoms with Crippen molar-refractivity contribution in [2.45, 2.75) is 13.3 Å². The predicted octanol–water partition coefficient (Wildman–Crippen LogP) is 4.86. The highest BCUT2D eigenvalue weighted by Crippen LogP contribution is 2.39. The lowest BCUT2D eigenvalue weighted by molar-refractivity contribution is 0.863. The number of anilines is 2. The SMILES string of the molecule is Cc1cc(-n2ccc(-c3ccccn3)n2)c2c(n1)N(c1ccc(C#N)cc1Cl)CC2. The van der Waals surface area contributed by atoms with E-state index in [0.29, 0.717) is 10.6 Å². The maximum absolute atomic E-state index is 9.11. The standard InChI is InChI=1S/C23H17ClN6/c1-15-12-22(30-11-8-20(28-30)19-4-2-3-9-26-19)17-7-10-29(23(17)27-15)21-6-5-16(14-25)13-18(21)24/h2-6,8-9,11-13H,7,10H2,1H3. The molecule has 0 fully saturated rings. The lowest BCUT2D eigenvalue weighted by Crippen LogP contribution is -2.15. The molecule has 0 aliphatic carbocycles. The first kappa shape index (κ1) is 18.3. The Bertz CT molecular complexity index is 1290. The van der Waals surface area contributed by atoms with Crippen molar-refractivity contribution in [1.29, 1.82) is 5.26 Å². The number of aromatic nitrogens is 4. The van der Waals surface area contributed by atoms with Crippen molar-refractivity contribution >= 4 is 23.1 Å². The van der Waals surface area contributed by atoms with Crippen molar-refractivity contribution in [1.82, 2.24) is 19.7 Å². The van der Waals surface area contributed by atoms with E-state index in [-0.39, 0.29) is 0 Å². The number of fused-ring (bicyclic) bond motifs is 1. The zero-order valence-electron chi connectivity index (χ0n) is 16.2. The van der Waals surface area contributed by atoms with Crippen LogP contribution in [0.2, 0.25) is 5.02 Å². The van der Waals surface area contributed by atoms with Crippen LogP contribution in [-0.4, -0.2) is 26.3 Å². The molecular formula is C23H17ClN6. The Kier molecular flexibility index (Phi) is 4.46. The molecule has 0 N–H and O–H groups in total. The fourth-order valence-corrected chi connectivity index (χ4v) is 4.08. The summed E-state index contributed by atoms with van der Waals surface area (Å²) in [4.78, 5) is 11.3. The Morgan fingerprint density at radius 3 is 2.73 bits per heavy atom. The van der Waals surface area contributed by atoms with E-state index in [0.717, 1.165) is 52.8 Å². The Morgan fingerprint density at radius 2 is 1.97 bits per heavy atom. The first-order chi connectivity index (χ1) is 14.6. The zero-order chi connectivity index (χ0) is 20.7. The molecule has 1 aromatic carbocycles. The van der Waals surface area contributed by atoms with Crippen molar-refractivity contribution in [2.24, 2.45) is 0 Å². The van der Waals surface area contributed by atoms with Crippen LogP contribution in [0.5, 0.6) is 0 Å². The molecule has 6 nitrogen and oxygen atoms in total. The zero-order valence-corrected chi connectivity index (χ0v) is 17.0. The fraction of sp³-hybridized carbons (Fsp3) is 0.130. The lowest BCUT2D eigenvalue weighted by atomic mass is 10.1. The number of hydrogen-bond donors (Lipinski definition) is 0. The second-order valence-electron chi connectivity index (χ2n) is 7.13. The van der Waals surface area contributed by atoms with Gasteiger partial charge in [-0.1, -0.05) is 17.7 Å². The van der Waals surface area contributed by atoms with Gasteiger partial charge in [0.25, 0.3) is 0 Å². The van der Waals surface area contributed by atoms with E-state index >= 15 is 0 Å². The average molecular weight is 413 g/mol. The van der Waals surface area contributed by atoms with Crippen LogP contribution in [0.3, 0.4) is 0 Å². The normalized spacial score (nSPS) is 12.6. The van der Waals surface area contributed by atoms with Gasteiger partial charge in [0.1, 0.15) is 11.5 Å². The first-order valence-electron chi connectivity index (χ1n) is 9.59. The van der Waals surface area contributed by atoms with Crippen LogP contribution >= 0.6 is 11.6 Å². The maximum Gasteiger partial charge on any atom is 0.138 e. The highest BCUT2D eigenvalue weighted by molar-refractivity contribution is 6.33. The molecule has 0 saturated carbocycles. The van der Waals surface area contributed by atoms with Crippen LogP contribution in [0.15, 0.2) is 60.9 Å². The van der Waals surface area contributed by atoms with Gasteiger partial charge in [-0.3, -0.25) is 4.98 Å². The largest absolute Gasteiger partial charge is 0.324 e. The van der Waals surface area contributed by atoms with E-state index in [9.17, 15) is 0 Å². The Labute approximate surface area is 179 Å². The number of pyridine rings is 2. The molecule has 7 heteroatoms. The van der Waals surface area contributed by atoms with Gasteiger partial charge in [0.15, 0.2) is 0 Å². The molecule has 1 aliphatic heterocycles. The molecule has 146 valence electrons. The van der Waals surface area contributed by atoms with E-state index in [4.69, 9.17) is 26.9 Å². The second kappa shape index (κ2) is 7.29. The molecule has 5 rings (SSSR count). The number of nitrogens with zero attached hydrogens (tertiary/aromatic N) is 6. The summed E-state index contributed by atoms with van der Waals surface area (Å²) in [5.41, 5.74) is 6.08. The van der Waals surface area contributed by atoms with Gasteiger partial charge in [-0.05, 0) is 55.8 Å². The third kappa shape index (κ3) is 3.10. The summed E-state index contributed by atoms with van der Waals surface area (Å²) in [6, 6.07) is 17.3. The molecule has 0 amide bonds. The van der Waals surface area contributed by atoms with Crippen LogP contribution in [0, 0.1) is 18.3 Å². The molecule has 4 aromatic rings. The minimum atomic E-state index is 0.541. The van der Waals surface area contributed by atoms with E-state index < -0.39 is 0 Å². The second-order valence-corrected chi connectivity index (χ2v) is 7.53. The number of hydrogen-bond acceptors (Lipinski definition) is 5. The van der Waals surface area contributed by atoms with Gasteiger partial charge in [-0.2, -0.15) is 10.4 Å². The third-order valence-corrected chi connectivity index (χ3v) is 5.48. The molecule has 0 radical (unpaired) electrons. The van der Waals surface area contributed by atoms with Crippen molar-refractivity contribution in [3.05, 3.63) is 82.8 Å². The number of benzene rings is 1. The molecule has 4 heterocycles. The molecule has 1 aliphatic rings. The quantitative estimate of drug-likeness (QED) is 0.480. The van der Waals surface area contributed by atoms with E-state index in [2.05, 4.69) is 22.0 Å². The highest BCUT2D eigenvalue weighted by atomic mass is 35.5. The Morgan fingerprint density at radius 1 is 1.07 bits per heavy atom. The van der Waals surface area contributed by atoms with Crippen molar-refractivity contribution in [2.75, 3.05) is 11.4 Å². The van der Waals surface area contributed by atoms with Crippen molar-refractivity contribution < 1.29 is 0 Å². The third-order valence-electron chi connectivity index (χ3n) is 5.18. The molecule has 0 unspecified atom stereocenters. The monoisotopic (exact) mass is 412 g/mol. The number of rotatable bonds is 3. The maximum atomic E-state index is 9.11. The fourth-order valence-electron chi connectivity index (χ4n) is 3.80. The van der Waals surface area contributed by atoms with Crippen LogP contribution in [0.25, 0.3) is 17.1 Å². The van der Waals surface area contributed by atoms with Crippen LogP contribution in [0.4, 0.5) is 11.5 Å². The molecule has 0 saturated heterocycles.